The number of carbonyl (C=O) groups is 2. The van der Waals surface area contributed by atoms with Gasteiger partial charge in [0.2, 0.25) is 5.91 Å². The van der Waals surface area contributed by atoms with Gasteiger partial charge in [0, 0.05) is 55.2 Å². The van der Waals surface area contributed by atoms with Crippen molar-refractivity contribution in [1.82, 2.24) is 14.8 Å². The van der Waals surface area contributed by atoms with Gasteiger partial charge in [-0.3, -0.25) is 19.4 Å². The van der Waals surface area contributed by atoms with Crippen LogP contribution in [0.25, 0.3) is 10.9 Å². The summed E-state index contributed by atoms with van der Waals surface area (Å²) in [7, 11) is 1.62. The monoisotopic (exact) mass is 423 g/mol. The molecule has 2 fully saturated rings. The number of aromatic amines is 1. The second kappa shape index (κ2) is 8.40. The van der Waals surface area contributed by atoms with Crippen molar-refractivity contribution in [3.63, 3.8) is 0 Å². The lowest BCUT2D eigenvalue weighted by molar-refractivity contribution is -0.169. The van der Waals surface area contributed by atoms with Gasteiger partial charge in [0.05, 0.1) is 0 Å². The first kappa shape index (κ1) is 20.7. The van der Waals surface area contributed by atoms with Gasteiger partial charge >= 0.3 is 0 Å². The molecule has 2 aromatic rings. The van der Waals surface area contributed by atoms with Crippen LogP contribution >= 0.6 is 0 Å². The molecule has 0 bridgehead atoms. The minimum absolute atomic E-state index is 0.000824. The molecule has 1 aromatic heterocycles. The number of ether oxygens (including phenoxy) is 1. The number of hydrogen-bond acceptors (Lipinski definition) is 4. The molecule has 1 aromatic carbocycles. The van der Waals surface area contributed by atoms with Crippen LogP contribution in [0.4, 0.5) is 0 Å². The van der Waals surface area contributed by atoms with Crippen molar-refractivity contribution >= 4 is 22.7 Å². The number of unbranched alkanes of at least 4 members (excludes halogenated alkanes) is 1. The SMILES string of the molecule is COC1C(=O)N(CCCCN2CCc3c([nH]c4ccccc34)C2)C(=O)CC12CCCC2. The predicted octanol–water partition coefficient (Wildman–Crippen LogP) is 3.64. The largest absolute Gasteiger partial charge is 0.371 e. The lowest BCUT2D eigenvalue weighted by Crippen LogP contribution is -2.57. The van der Waals surface area contributed by atoms with Crippen molar-refractivity contribution in [2.45, 2.75) is 64.0 Å². The Labute approximate surface area is 183 Å². The standard InChI is InChI=1S/C25H33N3O3/c1-31-23-24(30)28(22(29)16-25(23)11-4-5-12-25)14-7-6-13-27-15-10-19-18-8-2-3-9-20(18)26-21(19)17-27/h2-3,8-9,23,26H,4-7,10-17H2,1H3. The number of fused-ring (bicyclic) bond motifs is 3. The van der Waals surface area contributed by atoms with Gasteiger partial charge in [-0.2, -0.15) is 0 Å². The second-order valence-corrected chi connectivity index (χ2v) is 9.61. The lowest BCUT2D eigenvalue weighted by atomic mass is 9.73. The van der Waals surface area contributed by atoms with Crippen molar-refractivity contribution in [3.8, 4) is 0 Å². The Bertz CT molecular complexity index is 976. The summed E-state index contributed by atoms with van der Waals surface area (Å²) in [6.45, 7) is 3.51. The highest BCUT2D eigenvalue weighted by molar-refractivity contribution is 6.01. The van der Waals surface area contributed by atoms with Crippen LogP contribution in [0.3, 0.4) is 0 Å². The molecule has 1 saturated heterocycles. The van der Waals surface area contributed by atoms with E-state index in [1.54, 1.807) is 7.11 Å². The van der Waals surface area contributed by atoms with Crippen molar-refractivity contribution in [1.29, 1.82) is 0 Å². The number of aromatic nitrogens is 1. The Morgan fingerprint density at radius 2 is 1.90 bits per heavy atom. The van der Waals surface area contributed by atoms with Gasteiger partial charge in [0.25, 0.3) is 5.91 Å². The number of amides is 2. The molecular formula is C25H33N3O3. The van der Waals surface area contributed by atoms with Crippen LogP contribution in [0.1, 0.15) is 56.2 Å². The van der Waals surface area contributed by atoms with Crippen LogP contribution in [0.5, 0.6) is 0 Å². The molecule has 1 atom stereocenters. The van der Waals surface area contributed by atoms with Gasteiger partial charge in [0.1, 0.15) is 6.10 Å². The minimum atomic E-state index is -0.449. The lowest BCUT2D eigenvalue weighted by Gasteiger charge is -2.43. The van der Waals surface area contributed by atoms with E-state index in [-0.39, 0.29) is 17.2 Å². The molecule has 6 heteroatoms. The molecule has 3 heterocycles. The van der Waals surface area contributed by atoms with E-state index in [2.05, 4.69) is 34.1 Å². The summed E-state index contributed by atoms with van der Waals surface area (Å²) in [5, 5.41) is 1.35. The molecule has 1 aliphatic carbocycles. The Kier molecular flexibility index (Phi) is 5.61. The van der Waals surface area contributed by atoms with Gasteiger partial charge in [-0.05, 0) is 50.3 Å². The number of imide groups is 1. The van der Waals surface area contributed by atoms with E-state index in [1.807, 2.05) is 0 Å². The predicted molar refractivity (Wildman–Crippen MR) is 120 cm³/mol. The minimum Gasteiger partial charge on any atom is -0.371 e. The molecule has 1 unspecified atom stereocenters. The van der Waals surface area contributed by atoms with Crippen molar-refractivity contribution in [2.75, 3.05) is 26.7 Å². The number of methoxy groups -OCH3 is 1. The van der Waals surface area contributed by atoms with Gasteiger partial charge in [-0.25, -0.2) is 0 Å². The zero-order valence-corrected chi connectivity index (χ0v) is 18.5. The summed E-state index contributed by atoms with van der Waals surface area (Å²) in [6.07, 6.45) is 6.96. The number of nitrogens with one attached hydrogen (secondary N) is 1. The molecular weight excluding hydrogens is 390 g/mol. The topological polar surface area (TPSA) is 65.6 Å². The number of H-pyrrole nitrogens is 1. The fourth-order valence-electron chi connectivity index (χ4n) is 6.16. The second-order valence-electron chi connectivity index (χ2n) is 9.61. The number of benzene rings is 1. The van der Waals surface area contributed by atoms with Gasteiger partial charge < -0.3 is 9.72 Å². The first-order valence-electron chi connectivity index (χ1n) is 11.8. The van der Waals surface area contributed by atoms with E-state index in [0.29, 0.717) is 13.0 Å². The van der Waals surface area contributed by atoms with Crippen LogP contribution in [0.15, 0.2) is 24.3 Å². The molecule has 0 radical (unpaired) electrons. The number of likely N-dealkylation sites (tertiary alicyclic amines) is 1. The third kappa shape index (κ3) is 3.70. The van der Waals surface area contributed by atoms with E-state index in [9.17, 15) is 9.59 Å². The molecule has 1 spiro atoms. The summed E-state index contributed by atoms with van der Waals surface area (Å²) in [6, 6.07) is 8.53. The van der Waals surface area contributed by atoms with Gasteiger partial charge in [-0.1, -0.05) is 31.0 Å². The van der Waals surface area contributed by atoms with E-state index < -0.39 is 6.10 Å². The third-order valence-electron chi connectivity index (χ3n) is 7.75. The number of carbonyl (C=O) groups excluding carboxylic acids is 2. The van der Waals surface area contributed by atoms with Crippen LogP contribution in [0, 0.1) is 5.41 Å². The van der Waals surface area contributed by atoms with Crippen LogP contribution in [0.2, 0.25) is 0 Å². The molecule has 5 rings (SSSR count). The zero-order chi connectivity index (χ0) is 21.4. The Morgan fingerprint density at radius 3 is 2.71 bits per heavy atom. The Balaban J connectivity index is 1.14. The zero-order valence-electron chi connectivity index (χ0n) is 18.5. The molecule has 2 amide bonds. The number of rotatable bonds is 6. The molecule has 31 heavy (non-hydrogen) atoms. The molecule has 6 nitrogen and oxygen atoms in total. The third-order valence-corrected chi connectivity index (χ3v) is 7.75. The maximum Gasteiger partial charge on any atom is 0.258 e. The first-order valence-corrected chi connectivity index (χ1v) is 11.8. The van der Waals surface area contributed by atoms with Crippen molar-refractivity contribution < 1.29 is 14.3 Å². The van der Waals surface area contributed by atoms with E-state index in [1.165, 1.54) is 27.1 Å². The summed E-state index contributed by atoms with van der Waals surface area (Å²) in [5.41, 5.74) is 3.77. The average Bonchev–Trinajstić information content (AvgIpc) is 3.37. The fraction of sp³-hybridized carbons (Fsp3) is 0.600. The average molecular weight is 424 g/mol. The van der Waals surface area contributed by atoms with Gasteiger partial charge in [0.15, 0.2) is 0 Å². The summed E-state index contributed by atoms with van der Waals surface area (Å²) >= 11 is 0. The fourth-order valence-corrected chi connectivity index (χ4v) is 6.16. The summed E-state index contributed by atoms with van der Waals surface area (Å²) in [4.78, 5) is 33.3. The molecule has 166 valence electrons. The van der Waals surface area contributed by atoms with E-state index in [0.717, 1.165) is 64.6 Å². The van der Waals surface area contributed by atoms with Crippen molar-refractivity contribution in [2.24, 2.45) is 5.41 Å². The smallest absolute Gasteiger partial charge is 0.258 e. The van der Waals surface area contributed by atoms with E-state index in [4.69, 9.17) is 4.74 Å². The molecule has 1 saturated carbocycles. The molecule has 2 aliphatic heterocycles. The maximum atomic E-state index is 13.0. The van der Waals surface area contributed by atoms with Gasteiger partial charge in [-0.15, -0.1) is 0 Å². The first-order chi connectivity index (χ1) is 15.1. The number of nitrogens with zero attached hydrogens (tertiary/aromatic N) is 2. The Morgan fingerprint density at radius 1 is 1.13 bits per heavy atom. The number of hydrogen-bond donors (Lipinski definition) is 1. The summed E-state index contributed by atoms with van der Waals surface area (Å²) in [5.74, 6) is -0.109. The highest BCUT2D eigenvalue weighted by Crippen LogP contribution is 2.48. The van der Waals surface area contributed by atoms with E-state index >= 15 is 0 Å². The van der Waals surface area contributed by atoms with Crippen LogP contribution < -0.4 is 0 Å². The van der Waals surface area contributed by atoms with Crippen LogP contribution in [-0.4, -0.2) is 59.4 Å². The maximum absolute atomic E-state index is 13.0. The summed E-state index contributed by atoms with van der Waals surface area (Å²) < 4.78 is 5.62. The number of piperidine rings is 1. The van der Waals surface area contributed by atoms with Crippen molar-refractivity contribution in [3.05, 3.63) is 35.5 Å². The Hall–Kier alpha value is -2.18. The molecule has 1 N–H and O–H groups in total. The van der Waals surface area contributed by atoms with Crippen LogP contribution in [-0.2, 0) is 27.3 Å². The number of para-hydroxylation sites is 1. The molecule has 3 aliphatic rings. The quantitative estimate of drug-likeness (QED) is 0.569. The highest BCUT2D eigenvalue weighted by atomic mass is 16.5. The normalized spacial score (nSPS) is 23.8. The highest BCUT2D eigenvalue weighted by Gasteiger charge is 2.53.